The van der Waals surface area contributed by atoms with Crippen LogP contribution >= 0.6 is 0 Å². The van der Waals surface area contributed by atoms with Crippen molar-refractivity contribution >= 4 is 46.7 Å². The molecule has 12 heteroatoms. The number of nitrogens with zero attached hydrogens (tertiary/aromatic N) is 4. The van der Waals surface area contributed by atoms with E-state index in [4.69, 9.17) is 0 Å². The molecular formula is C27H25N7O5. The molecule has 39 heavy (non-hydrogen) atoms. The highest BCUT2D eigenvalue weighted by molar-refractivity contribution is 6.23. The Bertz CT molecular complexity index is 1480. The maximum absolute atomic E-state index is 13.1. The molecule has 0 saturated carbocycles. The van der Waals surface area contributed by atoms with Crippen LogP contribution in [-0.2, 0) is 9.59 Å². The predicted molar refractivity (Wildman–Crippen MR) is 141 cm³/mol. The third-order valence-corrected chi connectivity index (χ3v) is 7.31. The molecule has 2 fully saturated rings. The number of hydrogen-bond donors (Lipinski definition) is 3. The van der Waals surface area contributed by atoms with Crippen molar-refractivity contribution in [2.75, 3.05) is 41.3 Å². The van der Waals surface area contributed by atoms with E-state index in [9.17, 15) is 24.0 Å². The largest absolute Gasteiger partial charge is 0.368 e. The van der Waals surface area contributed by atoms with E-state index in [2.05, 4.69) is 30.6 Å². The lowest BCUT2D eigenvalue weighted by atomic mass is 10.0. The number of carbonyl (C=O) groups is 5. The number of piperazine rings is 1. The number of anilines is 3. The fourth-order valence-corrected chi connectivity index (χ4v) is 5.22. The standard InChI is InChI=1S/C27H25N7O5/c35-23-8-7-21(25(37)30-23)34-26(38)19-6-5-18(15-20(19)27(34)39)33-13-11-32(12-14-33)17-3-1-16(2-4-17)24(36)29-22-9-10-28-31-22/h1-6,9-10,15,21H,7-8,11-14H2,(H,30,35,37)(H2,28,29,31,36). The van der Waals surface area contributed by atoms with Gasteiger partial charge in [-0.15, -0.1) is 0 Å². The highest BCUT2D eigenvalue weighted by atomic mass is 16.2. The average molecular weight is 528 g/mol. The van der Waals surface area contributed by atoms with Crippen LogP contribution in [0.1, 0.15) is 43.9 Å². The van der Waals surface area contributed by atoms with Crippen LogP contribution in [0.25, 0.3) is 0 Å². The van der Waals surface area contributed by atoms with Gasteiger partial charge in [0.1, 0.15) is 11.9 Å². The van der Waals surface area contributed by atoms with Crippen molar-refractivity contribution in [2.45, 2.75) is 18.9 Å². The fraction of sp³-hybridized carbons (Fsp3) is 0.259. The van der Waals surface area contributed by atoms with Gasteiger partial charge in [-0.1, -0.05) is 0 Å². The van der Waals surface area contributed by atoms with Crippen LogP contribution < -0.4 is 20.4 Å². The number of imide groups is 2. The van der Waals surface area contributed by atoms with Gasteiger partial charge in [0.2, 0.25) is 11.8 Å². The van der Waals surface area contributed by atoms with Gasteiger partial charge in [0.25, 0.3) is 17.7 Å². The van der Waals surface area contributed by atoms with Crippen LogP contribution in [0.15, 0.2) is 54.7 Å². The Morgan fingerprint density at radius 3 is 2.18 bits per heavy atom. The Morgan fingerprint density at radius 2 is 1.51 bits per heavy atom. The number of H-pyrrole nitrogens is 1. The summed E-state index contributed by atoms with van der Waals surface area (Å²) in [5, 5.41) is 11.5. The van der Waals surface area contributed by atoms with Crippen molar-refractivity contribution in [3.05, 3.63) is 71.4 Å². The number of carbonyl (C=O) groups excluding carboxylic acids is 5. The van der Waals surface area contributed by atoms with Gasteiger partial charge in [0, 0.05) is 55.6 Å². The minimum Gasteiger partial charge on any atom is -0.368 e. The monoisotopic (exact) mass is 527 g/mol. The third kappa shape index (κ3) is 4.49. The number of rotatable bonds is 5. The zero-order valence-corrected chi connectivity index (χ0v) is 20.8. The Balaban J connectivity index is 1.10. The summed E-state index contributed by atoms with van der Waals surface area (Å²) in [4.78, 5) is 67.7. The van der Waals surface area contributed by atoms with Gasteiger partial charge >= 0.3 is 0 Å². The van der Waals surface area contributed by atoms with Gasteiger partial charge in [0.15, 0.2) is 0 Å². The summed E-state index contributed by atoms with van der Waals surface area (Å²) >= 11 is 0. The molecule has 3 N–H and O–H groups in total. The van der Waals surface area contributed by atoms with Gasteiger partial charge in [-0.3, -0.25) is 39.3 Å². The normalized spacial score (nSPS) is 19.3. The highest BCUT2D eigenvalue weighted by Crippen LogP contribution is 2.31. The zero-order valence-electron chi connectivity index (χ0n) is 20.8. The molecule has 3 aliphatic heterocycles. The number of hydrogen-bond acceptors (Lipinski definition) is 8. The van der Waals surface area contributed by atoms with Gasteiger partial charge in [0.05, 0.1) is 17.3 Å². The lowest BCUT2D eigenvalue weighted by Gasteiger charge is -2.37. The first kappa shape index (κ1) is 24.3. The molecule has 4 heterocycles. The Morgan fingerprint density at radius 1 is 0.846 bits per heavy atom. The predicted octanol–water partition coefficient (Wildman–Crippen LogP) is 1.39. The number of benzene rings is 2. The molecule has 0 radical (unpaired) electrons. The van der Waals surface area contributed by atoms with Crippen molar-refractivity contribution in [3.63, 3.8) is 0 Å². The third-order valence-electron chi connectivity index (χ3n) is 7.31. The summed E-state index contributed by atoms with van der Waals surface area (Å²) in [7, 11) is 0. The Labute approximate surface area is 222 Å². The number of aromatic amines is 1. The number of aromatic nitrogens is 2. The van der Waals surface area contributed by atoms with E-state index in [-0.39, 0.29) is 29.9 Å². The molecule has 2 aromatic carbocycles. The zero-order chi connectivity index (χ0) is 27.1. The van der Waals surface area contributed by atoms with Crippen LogP contribution in [-0.4, -0.2) is 76.9 Å². The van der Waals surface area contributed by atoms with Crippen LogP contribution in [0.3, 0.4) is 0 Å². The summed E-state index contributed by atoms with van der Waals surface area (Å²) in [6.45, 7) is 2.85. The van der Waals surface area contributed by atoms with E-state index >= 15 is 0 Å². The average Bonchev–Trinajstić information content (AvgIpc) is 3.55. The molecule has 1 aromatic heterocycles. The first-order valence-electron chi connectivity index (χ1n) is 12.7. The molecule has 198 valence electrons. The second-order valence-corrected chi connectivity index (χ2v) is 9.62. The van der Waals surface area contributed by atoms with Crippen LogP contribution in [0.2, 0.25) is 0 Å². The number of fused-ring (bicyclic) bond motifs is 1. The van der Waals surface area contributed by atoms with E-state index in [0.29, 0.717) is 24.5 Å². The van der Waals surface area contributed by atoms with Crippen LogP contribution in [0.4, 0.5) is 17.2 Å². The summed E-state index contributed by atoms with van der Waals surface area (Å²) < 4.78 is 0. The van der Waals surface area contributed by atoms with Gasteiger partial charge < -0.3 is 15.1 Å². The van der Waals surface area contributed by atoms with E-state index in [1.807, 2.05) is 18.2 Å². The minimum atomic E-state index is -0.981. The Hall–Kier alpha value is -5.00. The molecule has 1 unspecified atom stereocenters. The van der Waals surface area contributed by atoms with Crippen molar-refractivity contribution in [3.8, 4) is 0 Å². The van der Waals surface area contributed by atoms with E-state index < -0.39 is 29.7 Å². The van der Waals surface area contributed by atoms with Gasteiger partial charge in [-0.25, -0.2) is 0 Å². The van der Waals surface area contributed by atoms with Gasteiger partial charge in [-0.05, 0) is 48.9 Å². The van der Waals surface area contributed by atoms with Crippen molar-refractivity contribution < 1.29 is 24.0 Å². The van der Waals surface area contributed by atoms with E-state index in [1.54, 1.807) is 36.5 Å². The van der Waals surface area contributed by atoms with E-state index in [0.717, 1.165) is 29.4 Å². The van der Waals surface area contributed by atoms with Crippen LogP contribution in [0, 0.1) is 0 Å². The van der Waals surface area contributed by atoms with Crippen molar-refractivity contribution in [2.24, 2.45) is 0 Å². The number of nitrogens with one attached hydrogen (secondary N) is 3. The lowest BCUT2D eigenvalue weighted by Crippen LogP contribution is -2.54. The molecule has 3 aromatic rings. The second-order valence-electron chi connectivity index (χ2n) is 9.62. The molecule has 3 aliphatic rings. The second kappa shape index (κ2) is 9.71. The molecule has 2 saturated heterocycles. The molecule has 6 rings (SSSR count). The fourth-order valence-electron chi connectivity index (χ4n) is 5.22. The first-order chi connectivity index (χ1) is 18.9. The quantitative estimate of drug-likeness (QED) is 0.422. The summed E-state index contributed by atoms with van der Waals surface area (Å²) in [5.74, 6) is -1.74. The van der Waals surface area contributed by atoms with Gasteiger partial charge in [-0.2, -0.15) is 5.10 Å². The smallest absolute Gasteiger partial charge is 0.262 e. The number of amides is 5. The maximum Gasteiger partial charge on any atom is 0.262 e. The maximum atomic E-state index is 13.1. The topological polar surface area (TPSA) is 148 Å². The highest BCUT2D eigenvalue weighted by Gasteiger charge is 2.44. The van der Waals surface area contributed by atoms with Crippen molar-refractivity contribution in [1.82, 2.24) is 20.4 Å². The summed E-state index contributed by atoms with van der Waals surface area (Å²) in [6, 6.07) is 13.3. The molecular weight excluding hydrogens is 502 g/mol. The molecule has 0 aliphatic carbocycles. The SMILES string of the molecule is O=C1CCC(N2C(=O)c3ccc(N4CCN(c5ccc(C(=O)Nc6ccn[nH]6)cc5)CC4)cc3C2=O)C(=O)N1. The van der Waals surface area contributed by atoms with Crippen LogP contribution in [0.5, 0.6) is 0 Å². The Kier molecular flexibility index (Phi) is 6.06. The van der Waals surface area contributed by atoms with E-state index in [1.165, 1.54) is 0 Å². The molecule has 0 bridgehead atoms. The lowest BCUT2D eigenvalue weighted by molar-refractivity contribution is -0.136. The molecule has 5 amide bonds. The summed E-state index contributed by atoms with van der Waals surface area (Å²) in [6.07, 6.45) is 1.77. The molecule has 12 nitrogen and oxygen atoms in total. The number of piperidine rings is 1. The van der Waals surface area contributed by atoms with Crippen molar-refractivity contribution in [1.29, 1.82) is 0 Å². The first-order valence-corrected chi connectivity index (χ1v) is 12.7. The molecule has 1 atom stereocenters. The molecule has 0 spiro atoms. The summed E-state index contributed by atoms with van der Waals surface area (Å²) in [5.41, 5.74) is 2.90. The minimum absolute atomic E-state index is 0.0838.